The Bertz CT molecular complexity index is 785. The number of benzene rings is 2. The minimum Gasteiger partial charge on any atom is -0.497 e. The summed E-state index contributed by atoms with van der Waals surface area (Å²) >= 11 is 0. The van der Waals surface area contributed by atoms with Gasteiger partial charge in [-0.2, -0.15) is 0 Å². The van der Waals surface area contributed by atoms with Crippen molar-refractivity contribution in [2.75, 3.05) is 12.4 Å². The number of nitrogens with one attached hydrogen (secondary N) is 1. The quantitative estimate of drug-likeness (QED) is 0.802. The van der Waals surface area contributed by atoms with Crippen LogP contribution in [0.5, 0.6) is 5.75 Å². The van der Waals surface area contributed by atoms with Gasteiger partial charge in [0, 0.05) is 11.3 Å². The molecule has 0 aliphatic rings. The molecule has 0 saturated carbocycles. The fraction of sp³-hybridized carbons (Fsp3) is 0.0556. The summed E-state index contributed by atoms with van der Waals surface area (Å²) in [7, 11) is 1.59. The van der Waals surface area contributed by atoms with Crippen LogP contribution >= 0.6 is 0 Å². The molecular formula is C18H15N3O2. The van der Waals surface area contributed by atoms with Crippen molar-refractivity contribution in [2.45, 2.75) is 0 Å². The minimum atomic E-state index is -0.303. The van der Waals surface area contributed by atoms with Crippen molar-refractivity contribution in [1.82, 2.24) is 10.2 Å². The van der Waals surface area contributed by atoms with E-state index in [0.29, 0.717) is 5.69 Å². The average Bonchev–Trinajstić information content (AvgIpc) is 2.63. The molecule has 3 aromatic rings. The fourth-order valence-electron chi connectivity index (χ4n) is 2.09. The largest absolute Gasteiger partial charge is 0.497 e. The highest BCUT2D eigenvalue weighted by Crippen LogP contribution is 2.17. The summed E-state index contributed by atoms with van der Waals surface area (Å²) in [5.74, 6) is 0.428. The lowest BCUT2D eigenvalue weighted by Gasteiger charge is -2.06. The molecule has 23 heavy (non-hydrogen) atoms. The number of hydrogen-bond donors (Lipinski definition) is 1. The predicted octanol–water partition coefficient (Wildman–Crippen LogP) is 3.40. The number of nitrogens with zero attached hydrogens (tertiary/aromatic N) is 2. The third kappa shape index (κ3) is 3.52. The van der Waals surface area contributed by atoms with E-state index >= 15 is 0 Å². The van der Waals surface area contributed by atoms with Crippen LogP contribution in [0.4, 0.5) is 5.69 Å². The average molecular weight is 305 g/mol. The number of hydrogen-bond acceptors (Lipinski definition) is 4. The van der Waals surface area contributed by atoms with Crippen molar-refractivity contribution in [3.63, 3.8) is 0 Å². The highest BCUT2D eigenvalue weighted by atomic mass is 16.5. The molecule has 114 valence electrons. The van der Waals surface area contributed by atoms with Gasteiger partial charge in [0.2, 0.25) is 0 Å². The fourth-order valence-corrected chi connectivity index (χ4v) is 2.09. The maximum absolute atomic E-state index is 12.2. The van der Waals surface area contributed by atoms with Crippen molar-refractivity contribution < 1.29 is 9.53 Å². The highest BCUT2D eigenvalue weighted by molar-refractivity contribution is 6.02. The summed E-state index contributed by atoms with van der Waals surface area (Å²) in [5.41, 5.74) is 2.62. The van der Waals surface area contributed by atoms with E-state index in [9.17, 15) is 4.79 Å². The lowest BCUT2D eigenvalue weighted by molar-refractivity contribution is 0.102. The van der Waals surface area contributed by atoms with Gasteiger partial charge >= 0.3 is 0 Å². The summed E-state index contributed by atoms with van der Waals surface area (Å²) in [6.07, 6.45) is 0. The Kier molecular flexibility index (Phi) is 4.29. The van der Waals surface area contributed by atoms with E-state index in [-0.39, 0.29) is 11.6 Å². The van der Waals surface area contributed by atoms with E-state index in [1.54, 1.807) is 43.5 Å². The molecule has 5 nitrogen and oxygen atoms in total. The van der Waals surface area contributed by atoms with Crippen LogP contribution in [0.15, 0.2) is 66.7 Å². The highest BCUT2D eigenvalue weighted by Gasteiger charge is 2.09. The normalized spacial score (nSPS) is 10.1. The third-order valence-corrected chi connectivity index (χ3v) is 3.31. The number of ether oxygens (including phenoxy) is 1. The van der Waals surface area contributed by atoms with Crippen molar-refractivity contribution in [1.29, 1.82) is 0 Å². The van der Waals surface area contributed by atoms with Crippen LogP contribution in [0.1, 0.15) is 10.5 Å². The van der Waals surface area contributed by atoms with E-state index < -0.39 is 0 Å². The topological polar surface area (TPSA) is 64.1 Å². The van der Waals surface area contributed by atoms with Gasteiger partial charge < -0.3 is 10.1 Å². The molecule has 0 unspecified atom stereocenters. The van der Waals surface area contributed by atoms with Gasteiger partial charge in [-0.05, 0) is 36.4 Å². The SMILES string of the molecule is COc1ccc(NC(=O)c2ccc(-c3ccccc3)nn2)cc1. The van der Waals surface area contributed by atoms with Gasteiger partial charge in [-0.25, -0.2) is 0 Å². The Hall–Kier alpha value is -3.21. The van der Waals surface area contributed by atoms with Gasteiger partial charge in [0.1, 0.15) is 5.75 Å². The van der Waals surface area contributed by atoms with Crippen LogP contribution < -0.4 is 10.1 Å². The maximum Gasteiger partial charge on any atom is 0.276 e. The number of amides is 1. The minimum absolute atomic E-state index is 0.264. The third-order valence-electron chi connectivity index (χ3n) is 3.31. The van der Waals surface area contributed by atoms with E-state index in [1.165, 1.54) is 0 Å². The lowest BCUT2D eigenvalue weighted by Crippen LogP contribution is -2.14. The zero-order valence-electron chi connectivity index (χ0n) is 12.6. The molecule has 1 heterocycles. The molecular weight excluding hydrogens is 290 g/mol. The molecule has 0 fully saturated rings. The number of carbonyl (C=O) groups is 1. The van der Waals surface area contributed by atoms with Crippen LogP contribution in [0.3, 0.4) is 0 Å². The number of methoxy groups -OCH3 is 1. The molecule has 0 bridgehead atoms. The molecule has 2 aromatic carbocycles. The van der Waals surface area contributed by atoms with Crippen molar-refractivity contribution in [2.24, 2.45) is 0 Å². The summed E-state index contributed by atoms with van der Waals surface area (Å²) in [6.45, 7) is 0. The number of anilines is 1. The zero-order chi connectivity index (χ0) is 16.1. The van der Waals surface area contributed by atoms with Gasteiger partial charge in [0.05, 0.1) is 12.8 Å². The van der Waals surface area contributed by atoms with E-state index in [4.69, 9.17) is 4.74 Å². The zero-order valence-corrected chi connectivity index (χ0v) is 12.6. The number of carbonyl (C=O) groups excluding carboxylic acids is 1. The molecule has 0 spiro atoms. The smallest absolute Gasteiger partial charge is 0.276 e. The second kappa shape index (κ2) is 6.70. The van der Waals surface area contributed by atoms with Crippen molar-refractivity contribution >= 4 is 11.6 Å². The van der Waals surface area contributed by atoms with Crippen molar-refractivity contribution in [3.8, 4) is 17.0 Å². The Balaban J connectivity index is 1.72. The monoisotopic (exact) mass is 305 g/mol. The van der Waals surface area contributed by atoms with E-state index in [1.807, 2.05) is 30.3 Å². The molecule has 0 radical (unpaired) electrons. The first-order chi connectivity index (χ1) is 11.3. The van der Waals surface area contributed by atoms with Crippen LogP contribution in [-0.4, -0.2) is 23.2 Å². The number of rotatable bonds is 4. The summed E-state index contributed by atoms with van der Waals surface area (Å²) in [6, 6.07) is 20.2. The molecule has 0 aliphatic heterocycles. The summed E-state index contributed by atoms with van der Waals surface area (Å²) in [5, 5.41) is 10.9. The van der Waals surface area contributed by atoms with Crippen molar-refractivity contribution in [3.05, 3.63) is 72.4 Å². The summed E-state index contributed by atoms with van der Waals surface area (Å²) in [4.78, 5) is 12.2. The van der Waals surface area contributed by atoms with Crippen LogP contribution in [0.25, 0.3) is 11.3 Å². The molecule has 0 atom stereocenters. The Morgan fingerprint density at radius 1 is 0.913 bits per heavy atom. The maximum atomic E-state index is 12.2. The van der Waals surface area contributed by atoms with Gasteiger partial charge in [-0.1, -0.05) is 30.3 Å². The molecule has 0 aliphatic carbocycles. The van der Waals surface area contributed by atoms with E-state index in [0.717, 1.165) is 17.0 Å². The Morgan fingerprint density at radius 2 is 1.65 bits per heavy atom. The lowest BCUT2D eigenvalue weighted by atomic mass is 10.1. The Morgan fingerprint density at radius 3 is 2.26 bits per heavy atom. The molecule has 1 amide bonds. The molecule has 3 rings (SSSR count). The van der Waals surface area contributed by atoms with Crippen LogP contribution in [0, 0.1) is 0 Å². The Labute approximate surface area is 134 Å². The molecule has 1 aromatic heterocycles. The van der Waals surface area contributed by atoms with E-state index in [2.05, 4.69) is 15.5 Å². The predicted molar refractivity (Wildman–Crippen MR) is 88.4 cm³/mol. The standard InChI is InChI=1S/C18H15N3O2/c1-23-15-9-7-14(8-10-15)19-18(22)17-12-11-16(20-21-17)13-5-3-2-4-6-13/h2-12H,1H3,(H,19,22). The first kappa shape index (κ1) is 14.7. The van der Waals surface area contributed by atoms with Gasteiger partial charge in [0.25, 0.3) is 5.91 Å². The van der Waals surface area contributed by atoms with Gasteiger partial charge in [-0.15, -0.1) is 10.2 Å². The van der Waals surface area contributed by atoms with Gasteiger partial charge in [-0.3, -0.25) is 4.79 Å². The molecule has 5 heteroatoms. The van der Waals surface area contributed by atoms with Gasteiger partial charge in [0.15, 0.2) is 5.69 Å². The second-order valence-corrected chi connectivity index (χ2v) is 4.85. The molecule has 1 N–H and O–H groups in total. The first-order valence-electron chi connectivity index (χ1n) is 7.11. The van der Waals surface area contributed by atoms with Crippen LogP contribution in [-0.2, 0) is 0 Å². The number of aromatic nitrogens is 2. The first-order valence-corrected chi connectivity index (χ1v) is 7.11. The van der Waals surface area contributed by atoms with Crippen LogP contribution in [0.2, 0.25) is 0 Å². The molecule has 0 saturated heterocycles. The second-order valence-electron chi connectivity index (χ2n) is 4.85. The summed E-state index contributed by atoms with van der Waals surface area (Å²) < 4.78 is 5.08.